The Balaban J connectivity index is 1.82. The molecule has 0 aliphatic carbocycles. The van der Waals surface area contributed by atoms with Gasteiger partial charge in [-0.3, -0.25) is 4.21 Å². The van der Waals surface area contributed by atoms with Gasteiger partial charge in [0.25, 0.3) is 0 Å². The summed E-state index contributed by atoms with van der Waals surface area (Å²) in [5.41, 5.74) is 1.02. The first-order chi connectivity index (χ1) is 12.9. The van der Waals surface area contributed by atoms with E-state index in [1.54, 1.807) is 6.20 Å². The predicted octanol–water partition coefficient (Wildman–Crippen LogP) is 2.98. The molecule has 0 saturated carbocycles. The number of aliphatic imine (C=N–C) groups is 1. The molecule has 1 atom stereocenters. The van der Waals surface area contributed by atoms with Crippen LogP contribution in [0.25, 0.3) is 0 Å². The van der Waals surface area contributed by atoms with Gasteiger partial charge in [0.15, 0.2) is 5.96 Å². The first-order valence-electron chi connectivity index (χ1n) is 9.24. The van der Waals surface area contributed by atoms with E-state index < -0.39 is 10.8 Å². The molecule has 2 aromatic rings. The fourth-order valence-electron chi connectivity index (χ4n) is 2.33. The monoisotopic (exact) mass is 390 g/mol. The molecule has 0 spiro atoms. The summed E-state index contributed by atoms with van der Waals surface area (Å²) in [4.78, 5) is 8.79. The van der Waals surface area contributed by atoms with Crippen LogP contribution in [0.3, 0.4) is 0 Å². The zero-order chi connectivity index (χ0) is 19.7. The van der Waals surface area contributed by atoms with E-state index in [1.165, 1.54) is 0 Å². The molecule has 0 amide bonds. The van der Waals surface area contributed by atoms with E-state index in [0.717, 1.165) is 17.9 Å². The second-order valence-corrected chi connectivity index (χ2v) is 8.84. The van der Waals surface area contributed by atoms with Gasteiger partial charge >= 0.3 is 0 Å². The second-order valence-electron chi connectivity index (χ2n) is 7.26. The summed E-state index contributed by atoms with van der Waals surface area (Å²) in [5, 5.41) is 6.40. The zero-order valence-corrected chi connectivity index (χ0v) is 17.4. The lowest BCUT2D eigenvalue weighted by molar-refractivity contribution is 0.383. The van der Waals surface area contributed by atoms with Gasteiger partial charge in [-0.05, 0) is 12.5 Å². The molecule has 148 valence electrons. The Morgan fingerprint density at radius 3 is 2.59 bits per heavy atom. The van der Waals surface area contributed by atoms with Crippen LogP contribution in [0.15, 0.2) is 45.9 Å². The van der Waals surface area contributed by atoms with Crippen molar-refractivity contribution >= 4 is 16.8 Å². The number of rotatable bonds is 8. The Labute approximate surface area is 164 Å². The second kappa shape index (κ2) is 10.3. The Morgan fingerprint density at radius 2 is 1.96 bits per heavy atom. The normalized spacial score (nSPS) is 13.4. The van der Waals surface area contributed by atoms with Crippen LogP contribution in [0, 0.1) is 0 Å². The molecule has 0 aliphatic heterocycles. The van der Waals surface area contributed by atoms with Gasteiger partial charge in [0.05, 0.1) is 6.20 Å². The fourth-order valence-corrected chi connectivity index (χ4v) is 3.37. The van der Waals surface area contributed by atoms with Crippen LogP contribution in [0.5, 0.6) is 0 Å². The molecular formula is C20H30N4O2S. The molecular weight excluding hydrogens is 360 g/mol. The Kier molecular flexibility index (Phi) is 8.03. The van der Waals surface area contributed by atoms with Crippen molar-refractivity contribution in [1.82, 2.24) is 15.6 Å². The van der Waals surface area contributed by atoms with Gasteiger partial charge < -0.3 is 15.1 Å². The zero-order valence-electron chi connectivity index (χ0n) is 16.6. The highest BCUT2D eigenvalue weighted by Gasteiger charge is 2.19. The highest BCUT2D eigenvalue weighted by atomic mass is 32.2. The number of aromatic nitrogens is 1. The van der Waals surface area contributed by atoms with Crippen LogP contribution in [-0.4, -0.2) is 34.0 Å². The average Bonchev–Trinajstić information content (AvgIpc) is 3.10. The Hall–Kier alpha value is -2.15. The minimum atomic E-state index is -0.914. The standard InChI is InChI=1S/C20H30N4O2S/c1-5-21-19(24-14-18-23-13-17(26-18)20(2,3)4)22-11-12-27(25)15-16-9-7-6-8-10-16/h6-10,13H,5,11-12,14-15H2,1-4H3,(H2,21,22,24). The van der Waals surface area contributed by atoms with Crippen molar-refractivity contribution in [2.24, 2.45) is 4.99 Å². The smallest absolute Gasteiger partial charge is 0.216 e. The summed E-state index contributed by atoms with van der Waals surface area (Å²) in [5.74, 6) is 3.24. The molecule has 1 heterocycles. The topological polar surface area (TPSA) is 79.5 Å². The average molecular weight is 391 g/mol. The van der Waals surface area contributed by atoms with Crippen molar-refractivity contribution in [3.63, 3.8) is 0 Å². The van der Waals surface area contributed by atoms with Crippen molar-refractivity contribution in [3.8, 4) is 0 Å². The van der Waals surface area contributed by atoms with Gasteiger partial charge in [0, 0.05) is 40.8 Å². The number of oxazole rings is 1. The lowest BCUT2D eigenvalue weighted by Crippen LogP contribution is -2.39. The number of nitrogens with zero attached hydrogens (tertiary/aromatic N) is 2. The van der Waals surface area contributed by atoms with Crippen LogP contribution in [0.4, 0.5) is 0 Å². The van der Waals surface area contributed by atoms with Crippen molar-refractivity contribution in [2.75, 3.05) is 18.8 Å². The van der Waals surface area contributed by atoms with E-state index in [0.29, 0.717) is 36.4 Å². The maximum atomic E-state index is 12.2. The molecule has 0 aliphatic rings. The molecule has 27 heavy (non-hydrogen) atoms. The molecule has 2 N–H and O–H groups in total. The maximum absolute atomic E-state index is 12.2. The van der Waals surface area contributed by atoms with Gasteiger partial charge in [-0.15, -0.1) is 0 Å². The maximum Gasteiger partial charge on any atom is 0.216 e. The van der Waals surface area contributed by atoms with Crippen LogP contribution >= 0.6 is 0 Å². The summed E-state index contributed by atoms with van der Waals surface area (Å²) < 4.78 is 18.0. The van der Waals surface area contributed by atoms with Crippen molar-refractivity contribution < 1.29 is 8.63 Å². The molecule has 6 nitrogen and oxygen atoms in total. The van der Waals surface area contributed by atoms with Gasteiger partial charge in [0.1, 0.15) is 12.3 Å². The van der Waals surface area contributed by atoms with Gasteiger partial charge in [-0.25, -0.2) is 9.98 Å². The first kappa shape index (κ1) is 21.2. The Bertz CT molecular complexity index is 751. The van der Waals surface area contributed by atoms with Gasteiger partial charge in [0.2, 0.25) is 5.89 Å². The predicted molar refractivity (Wildman–Crippen MR) is 111 cm³/mol. The largest absolute Gasteiger partial charge is 0.443 e. The summed E-state index contributed by atoms with van der Waals surface area (Å²) in [6.45, 7) is 9.96. The molecule has 0 bridgehead atoms. The lowest BCUT2D eigenvalue weighted by atomic mass is 9.94. The van der Waals surface area contributed by atoms with E-state index >= 15 is 0 Å². The minimum absolute atomic E-state index is 0.0689. The number of hydrogen-bond acceptors (Lipinski definition) is 4. The first-order valence-corrected chi connectivity index (χ1v) is 10.7. The summed E-state index contributed by atoms with van der Waals surface area (Å²) in [6, 6.07) is 9.90. The number of benzene rings is 1. The molecule has 0 fully saturated rings. The highest BCUT2D eigenvalue weighted by Crippen LogP contribution is 2.22. The van der Waals surface area contributed by atoms with Crippen LogP contribution in [0.1, 0.15) is 44.9 Å². The molecule has 1 aromatic carbocycles. The summed E-state index contributed by atoms with van der Waals surface area (Å²) in [6.07, 6.45) is 1.76. The summed E-state index contributed by atoms with van der Waals surface area (Å²) >= 11 is 0. The molecule has 0 radical (unpaired) electrons. The van der Waals surface area contributed by atoms with E-state index in [1.807, 2.05) is 37.3 Å². The van der Waals surface area contributed by atoms with E-state index in [-0.39, 0.29) is 5.41 Å². The molecule has 7 heteroatoms. The summed E-state index contributed by atoms with van der Waals surface area (Å²) in [7, 11) is -0.914. The van der Waals surface area contributed by atoms with Crippen molar-refractivity contribution in [1.29, 1.82) is 0 Å². The van der Waals surface area contributed by atoms with Crippen LogP contribution in [-0.2, 0) is 28.5 Å². The number of hydrogen-bond donors (Lipinski definition) is 2. The fraction of sp³-hybridized carbons (Fsp3) is 0.500. The SMILES string of the molecule is CCNC(=NCc1ncc(C(C)(C)C)o1)NCCS(=O)Cc1ccccc1. The van der Waals surface area contributed by atoms with E-state index in [9.17, 15) is 4.21 Å². The third-order valence-electron chi connectivity index (χ3n) is 3.80. The van der Waals surface area contributed by atoms with Gasteiger partial charge in [-0.1, -0.05) is 51.1 Å². The number of nitrogens with one attached hydrogen (secondary N) is 2. The minimum Gasteiger partial charge on any atom is -0.443 e. The van der Waals surface area contributed by atoms with Crippen molar-refractivity contribution in [3.05, 3.63) is 53.7 Å². The van der Waals surface area contributed by atoms with Crippen LogP contribution < -0.4 is 10.6 Å². The van der Waals surface area contributed by atoms with Crippen molar-refractivity contribution in [2.45, 2.75) is 45.4 Å². The van der Waals surface area contributed by atoms with E-state index in [4.69, 9.17) is 4.42 Å². The quantitative estimate of drug-likeness (QED) is 0.535. The van der Waals surface area contributed by atoms with Crippen LogP contribution in [0.2, 0.25) is 0 Å². The van der Waals surface area contributed by atoms with Gasteiger partial charge in [-0.2, -0.15) is 0 Å². The number of guanidine groups is 1. The lowest BCUT2D eigenvalue weighted by Gasteiger charge is -2.13. The van der Waals surface area contributed by atoms with E-state index in [2.05, 4.69) is 41.4 Å². The molecule has 1 aromatic heterocycles. The third-order valence-corrected chi connectivity index (χ3v) is 5.12. The molecule has 1 unspecified atom stereocenters. The molecule has 2 rings (SSSR count). The highest BCUT2D eigenvalue weighted by molar-refractivity contribution is 7.84. The third kappa shape index (κ3) is 7.54. The Morgan fingerprint density at radius 1 is 1.22 bits per heavy atom. The molecule has 0 saturated heterocycles.